The molecule has 10 heteroatoms. The van der Waals surface area contributed by atoms with E-state index in [2.05, 4.69) is 31.7 Å². The Morgan fingerprint density at radius 3 is 2.74 bits per heavy atom. The molecule has 2 N–H and O–H groups in total. The topological polar surface area (TPSA) is 112 Å². The molecule has 3 rings (SSSR count). The standard InChI is InChI=1S/C17H22N8OS/c1-6-8-25-14(12-7-9-26-10(12)2)22-23-17(25)27-11(3)13-19-15(18)21-16(20-13)24(4)5/h6-7,9,11H,1,8H2,2-5H3,(H2,18,19,20,21). The fraction of sp³-hybridized carbons (Fsp3) is 0.353. The molecule has 0 aliphatic rings. The normalized spacial score (nSPS) is 12.1. The molecule has 0 aliphatic heterocycles. The van der Waals surface area contributed by atoms with Crippen LogP contribution in [0.3, 0.4) is 0 Å². The third-order valence-electron chi connectivity index (χ3n) is 3.83. The first-order chi connectivity index (χ1) is 12.9. The largest absolute Gasteiger partial charge is 0.469 e. The molecule has 0 fully saturated rings. The molecule has 3 aromatic heterocycles. The van der Waals surface area contributed by atoms with E-state index in [1.807, 2.05) is 44.7 Å². The van der Waals surface area contributed by atoms with Crippen LogP contribution >= 0.6 is 11.8 Å². The fourth-order valence-electron chi connectivity index (χ4n) is 2.48. The maximum Gasteiger partial charge on any atom is 0.229 e. The van der Waals surface area contributed by atoms with E-state index in [1.165, 1.54) is 11.8 Å². The number of rotatable bonds is 7. The minimum Gasteiger partial charge on any atom is -0.469 e. The number of thioether (sulfide) groups is 1. The van der Waals surface area contributed by atoms with E-state index in [0.717, 1.165) is 22.3 Å². The first-order valence-corrected chi connectivity index (χ1v) is 9.22. The summed E-state index contributed by atoms with van der Waals surface area (Å²) in [6, 6.07) is 1.88. The minimum absolute atomic E-state index is 0.0972. The van der Waals surface area contributed by atoms with Gasteiger partial charge in [0, 0.05) is 20.6 Å². The minimum atomic E-state index is -0.0972. The fourth-order valence-corrected chi connectivity index (χ4v) is 3.38. The van der Waals surface area contributed by atoms with Crippen molar-refractivity contribution >= 4 is 23.7 Å². The summed E-state index contributed by atoms with van der Waals surface area (Å²) in [5.41, 5.74) is 6.74. The van der Waals surface area contributed by atoms with Gasteiger partial charge in [-0.15, -0.1) is 16.8 Å². The van der Waals surface area contributed by atoms with Gasteiger partial charge in [0.25, 0.3) is 0 Å². The lowest BCUT2D eigenvalue weighted by molar-refractivity contribution is 0.534. The summed E-state index contributed by atoms with van der Waals surface area (Å²) in [4.78, 5) is 14.7. The average molecular weight is 386 g/mol. The molecule has 1 atom stereocenters. The summed E-state index contributed by atoms with van der Waals surface area (Å²) >= 11 is 1.50. The van der Waals surface area contributed by atoms with Gasteiger partial charge in [-0.25, -0.2) is 0 Å². The third kappa shape index (κ3) is 3.95. The van der Waals surface area contributed by atoms with Crippen molar-refractivity contribution in [2.75, 3.05) is 24.7 Å². The highest BCUT2D eigenvalue weighted by atomic mass is 32.2. The van der Waals surface area contributed by atoms with Crippen LogP contribution in [-0.4, -0.2) is 43.8 Å². The van der Waals surface area contributed by atoms with Crippen LogP contribution in [0.15, 0.2) is 34.6 Å². The van der Waals surface area contributed by atoms with E-state index in [9.17, 15) is 0 Å². The second-order valence-corrected chi connectivity index (χ2v) is 7.41. The zero-order valence-corrected chi connectivity index (χ0v) is 16.6. The second kappa shape index (κ2) is 7.78. The molecule has 27 heavy (non-hydrogen) atoms. The summed E-state index contributed by atoms with van der Waals surface area (Å²) < 4.78 is 7.39. The maximum atomic E-state index is 5.84. The molecule has 142 valence electrons. The predicted molar refractivity (Wildman–Crippen MR) is 105 cm³/mol. The van der Waals surface area contributed by atoms with E-state index in [4.69, 9.17) is 10.2 Å². The van der Waals surface area contributed by atoms with Crippen molar-refractivity contribution in [3.05, 3.63) is 36.6 Å². The monoisotopic (exact) mass is 386 g/mol. The van der Waals surface area contributed by atoms with Crippen LogP contribution in [0.5, 0.6) is 0 Å². The Morgan fingerprint density at radius 2 is 2.11 bits per heavy atom. The van der Waals surface area contributed by atoms with E-state index in [-0.39, 0.29) is 11.2 Å². The number of nitrogens with two attached hydrogens (primary N) is 1. The Hall–Kier alpha value is -2.88. The smallest absolute Gasteiger partial charge is 0.229 e. The predicted octanol–water partition coefficient (Wildman–Crippen LogP) is 2.72. The molecule has 0 spiro atoms. The second-order valence-electron chi connectivity index (χ2n) is 6.10. The van der Waals surface area contributed by atoms with Gasteiger partial charge >= 0.3 is 0 Å². The Kier molecular flexibility index (Phi) is 5.45. The molecule has 3 heterocycles. The van der Waals surface area contributed by atoms with Crippen molar-refractivity contribution in [1.29, 1.82) is 0 Å². The van der Waals surface area contributed by atoms with Gasteiger partial charge < -0.3 is 15.1 Å². The molecule has 0 bridgehead atoms. The lowest BCUT2D eigenvalue weighted by Crippen LogP contribution is -2.16. The molecule has 0 amide bonds. The number of nitrogens with zero attached hydrogens (tertiary/aromatic N) is 7. The highest BCUT2D eigenvalue weighted by Crippen LogP contribution is 2.35. The number of anilines is 2. The molecule has 0 aromatic carbocycles. The molecule has 0 saturated carbocycles. The van der Waals surface area contributed by atoms with Crippen molar-refractivity contribution in [3.8, 4) is 11.4 Å². The summed E-state index contributed by atoms with van der Waals surface area (Å²) in [6.07, 6.45) is 3.45. The number of hydrogen-bond donors (Lipinski definition) is 1. The molecular formula is C17H22N8OS. The van der Waals surface area contributed by atoms with Crippen molar-refractivity contribution < 1.29 is 4.42 Å². The number of aryl methyl sites for hydroxylation is 1. The highest BCUT2D eigenvalue weighted by Gasteiger charge is 2.21. The van der Waals surface area contributed by atoms with E-state index >= 15 is 0 Å². The van der Waals surface area contributed by atoms with Gasteiger partial charge in [0.1, 0.15) is 11.6 Å². The van der Waals surface area contributed by atoms with E-state index in [0.29, 0.717) is 18.3 Å². The summed E-state index contributed by atoms with van der Waals surface area (Å²) in [5.74, 6) is 2.83. The molecule has 9 nitrogen and oxygen atoms in total. The number of aromatic nitrogens is 6. The molecular weight excluding hydrogens is 364 g/mol. The van der Waals surface area contributed by atoms with Gasteiger partial charge in [-0.1, -0.05) is 17.8 Å². The lowest BCUT2D eigenvalue weighted by atomic mass is 10.2. The first kappa shape index (κ1) is 18.9. The first-order valence-electron chi connectivity index (χ1n) is 8.34. The number of allylic oxidation sites excluding steroid dienone is 1. The maximum absolute atomic E-state index is 5.84. The number of nitrogen functional groups attached to an aromatic ring is 1. The quantitative estimate of drug-likeness (QED) is 0.484. The van der Waals surface area contributed by atoms with Crippen LogP contribution < -0.4 is 10.6 Å². The summed E-state index contributed by atoms with van der Waals surface area (Å²) in [5, 5.41) is 9.34. The van der Waals surface area contributed by atoms with Gasteiger partial charge in [0.15, 0.2) is 11.0 Å². The van der Waals surface area contributed by atoms with Gasteiger partial charge in [0.05, 0.1) is 17.1 Å². The average Bonchev–Trinajstić information content (AvgIpc) is 3.21. The lowest BCUT2D eigenvalue weighted by Gasteiger charge is -2.15. The van der Waals surface area contributed by atoms with Gasteiger partial charge in [0.2, 0.25) is 11.9 Å². The number of hydrogen-bond acceptors (Lipinski definition) is 9. The molecule has 1 unspecified atom stereocenters. The highest BCUT2D eigenvalue weighted by molar-refractivity contribution is 7.99. The van der Waals surface area contributed by atoms with E-state index in [1.54, 1.807) is 11.2 Å². The Labute approximate surface area is 161 Å². The molecule has 0 radical (unpaired) electrons. The van der Waals surface area contributed by atoms with E-state index < -0.39 is 0 Å². The van der Waals surface area contributed by atoms with Crippen LogP contribution in [0.4, 0.5) is 11.9 Å². The summed E-state index contributed by atoms with van der Waals surface area (Å²) in [7, 11) is 3.72. The van der Waals surface area contributed by atoms with Crippen LogP contribution in [0.2, 0.25) is 0 Å². The Balaban J connectivity index is 1.93. The summed E-state index contributed by atoms with van der Waals surface area (Å²) in [6.45, 7) is 8.30. The van der Waals surface area contributed by atoms with Crippen molar-refractivity contribution in [1.82, 2.24) is 29.7 Å². The van der Waals surface area contributed by atoms with Crippen LogP contribution in [0, 0.1) is 6.92 Å². The Bertz CT molecular complexity index is 948. The SMILES string of the molecule is C=CCn1c(SC(C)c2nc(N)nc(N(C)C)n2)nnc1-c1ccoc1C. The van der Waals surface area contributed by atoms with Crippen molar-refractivity contribution in [3.63, 3.8) is 0 Å². The molecule has 0 aliphatic carbocycles. The number of furan rings is 1. The van der Waals surface area contributed by atoms with Gasteiger partial charge in [-0.2, -0.15) is 15.0 Å². The molecule has 3 aromatic rings. The van der Waals surface area contributed by atoms with Crippen LogP contribution in [0.25, 0.3) is 11.4 Å². The zero-order valence-electron chi connectivity index (χ0n) is 15.7. The molecule has 0 saturated heterocycles. The van der Waals surface area contributed by atoms with Crippen LogP contribution in [0.1, 0.15) is 23.8 Å². The van der Waals surface area contributed by atoms with Crippen LogP contribution in [-0.2, 0) is 6.54 Å². The van der Waals surface area contributed by atoms with Gasteiger partial charge in [-0.3, -0.25) is 4.57 Å². The van der Waals surface area contributed by atoms with Crippen molar-refractivity contribution in [2.45, 2.75) is 30.8 Å². The van der Waals surface area contributed by atoms with Gasteiger partial charge in [-0.05, 0) is 19.9 Å². The Morgan fingerprint density at radius 1 is 1.33 bits per heavy atom. The van der Waals surface area contributed by atoms with Crippen molar-refractivity contribution in [2.24, 2.45) is 0 Å². The zero-order chi connectivity index (χ0) is 19.6. The third-order valence-corrected chi connectivity index (χ3v) is 4.91.